The Kier molecular flexibility index (Phi) is 16.7. The third kappa shape index (κ3) is 13.3. The highest BCUT2D eigenvalue weighted by atomic mass is 35.5. The maximum Gasteiger partial charge on any atom is 0.303 e. The van der Waals surface area contributed by atoms with Crippen LogP contribution in [-0.2, 0) is 71.1 Å². The molecule has 0 aliphatic carbocycles. The zero-order valence-corrected chi connectivity index (χ0v) is 37.3. The van der Waals surface area contributed by atoms with E-state index in [-0.39, 0.29) is 31.8 Å². The number of carbonyl (C=O) groups is 4. The smallest absolute Gasteiger partial charge is 0.303 e. The molecular formula is C46H55ClN2O13S. The van der Waals surface area contributed by atoms with E-state index in [9.17, 15) is 29.4 Å². The second-order valence-corrected chi connectivity index (χ2v) is 17.1. The van der Waals surface area contributed by atoms with Gasteiger partial charge in [0.15, 0.2) is 24.6 Å². The molecule has 6 rings (SSSR count). The predicted octanol–water partition coefficient (Wildman–Crippen LogP) is 5.29. The molecular weight excluding hydrogens is 856 g/mol. The van der Waals surface area contributed by atoms with Gasteiger partial charge in [-0.05, 0) is 47.2 Å². The molecule has 17 heteroatoms. The van der Waals surface area contributed by atoms with Crippen molar-refractivity contribution in [3.63, 3.8) is 0 Å². The highest BCUT2D eigenvalue weighted by Crippen LogP contribution is 2.40. The van der Waals surface area contributed by atoms with Crippen molar-refractivity contribution in [2.24, 2.45) is 0 Å². The van der Waals surface area contributed by atoms with Crippen LogP contribution in [0, 0.1) is 0 Å². The van der Waals surface area contributed by atoms with E-state index in [0.717, 1.165) is 34.7 Å². The first kappa shape index (κ1) is 47.9. The van der Waals surface area contributed by atoms with E-state index in [1.165, 1.54) is 20.8 Å². The van der Waals surface area contributed by atoms with E-state index < -0.39 is 66.3 Å². The summed E-state index contributed by atoms with van der Waals surface area (Å²) < 4.78 is 41.2. The van der Waals surface area contributed by atoms with Crippen LogP contribution in [0.4, 0.5) is 0 Å². The van der Waals surface area contributed by atoms with E-state index in [0.29, 0.717) is 55.5 Å². The van der Waals surface area contributed by atoms with Crippen LogP contribution in [0.25, 0.3) is 0 Å². The second-order valence-electron chi connectivity index (χ2n) is 16.1. The Bertz CT molecular complexity index is 2050. The van der Waals surface area contributed by atoms with E-state index >= 15 is 0 Å². The average molecular weight is 911 g/mol. The molecule has 3 N–H and O–H groups in total. The lowest BCUT2D eigenvalue weighted by Crippen LogP contribution is -2.62. The van der Waals surface area contributed by atoms with Crippen LogP contribution in [0.2, 0.25) is 5.02 Å². The zero-order chi connectivity index (χ0) is 45.3. The quantitative estimate of drug-likeness (QED) is 0.101. The van der Waals surface area contributed by atoms with Crippen LogP contribution in [0.3, 0.4) is 0 Å². The van der Waals surface area contributed by atoms with Crippen molar-refractivity contribution in [1.29, 1.82) is 0 Å². The SMILES string of the molecule is CC(=O)OC[C@H]1O[C@@H](CC(=S)NCc2ccc(C3O[C@H](CN4CCC(O)(c5ccc(Cl)cc5)CC4)C[C@H](c4ccc(CO)cc4)O3)cc2)[C@H](OC(C)=O)[C@@H](OC(C)=O)[C@@H]1OC(C)=O. The van der Waals surface area contributed by atoms with Gasteiger partial charge in [0.1, 0.15) is 18.8 Å². The molecule has 15 nitrogen and oxygen atoms in total. The van der Waals surface area contributed by atoms with E-state index in [1.807, 2.05) is 60.7 Å². The first-order chi connectivity index (χ1) is 30.1. The Labute approximate surface area is 377 Å². The zero-order valence-electron chi connectivity index (χ0n) is 35.7. The molecule has 0 saturated carbocycles. The van der Waals surface area contributed by atoms with Gasteiger partial charge in [0, 0.05) is 77.3 Å². The number of piperidine rings is 1. The molecule has 8 atom stereocenters. The Morgan fingerprint density at radius 3 is 1.92 bits per heavy atom. The minimum Gasteiger partial charge on any atom is -0.463 e. The van der Waals surface area contributed by atoms with Gasteiger partial charge in [-0.25, -0.2) is 0 Å². The van der Waals surface area contributed by atoms with Crippen molar-refractivity contribution in [3.05, 3.63) is 106 Å². The summed E-state index contributed by atoms with van der Waals surface area (Å²) in [4.78, 5) is 51.0. The van der Waals surface area contributed by atoms with Gasteiger partial charge in [0.25, 0.3) is 0 Å². The Morgan fingerprint density at radius 2 is 1.33 bits per heavy atom. The lowest BCUT2D eigenvalue weighted by atomic mass is 9.84. The fraction of sp³-hybridized carbons (Fsp3) is 0.500. The number of halogens is 1. The minimum atomic E-state index is -1.28. The fourth-order valence-corrected chi connectivity index (χ4v) is 8.57. The summed E-state index contributed by atoms with van der Waals surface area (Å²) >= 11 is 11.8. The van der Waals surface area contributed by atoms with Gasteiger partial charge in [-0.2, -0.15) is 0 Å². The van der Waals surface area contributed by atoms with Crippen LogP contribution in [0.5, 0.6) is 0 Å². The Hall–Kier alpha value is -4.52. The van der Waals surface area contributed by atoms with Gasteiger partial charge in [-0.15, -0.1) is 0 Å². The van der Waals surface area contributed by atoms with Crippen LogP contribution >= 0.6 is 23.8 Å². The molecule has 3 saturated heterocycles. The third-order valence-corrected chi connectivity index (χ3v) is 11.9. The molecule has 0 bridgehead atoms. The van der Waals surface area contributed by atoms with E-state index in [4.69, 9.17) is 57.0 Å². The molecule has 0 aromatic heterocycles. The molecule has 3 aromatic rings. The molecule has 0 spiro atoms. The number of nitrogens with one attached hydrogen (secondary N) is 1. The normalized spacial score (nSPS) is 25.9. The largest absolute Gasteiger partial charge is 0.463 e. The number of rotatable bonds is 15. The maximum absolute atomic E-state index is 12.3. The first-order valence-corrected chi connectivity index (χ1v) is 21.7. The number of likely N-dealkylation sites (tertiary alicyclic amines) is 1. The third-order valence-electron chi connectivity index (χ3n) is 11.4. The van der Waals surface area contributed by atoms with Crippen molar-refractivity contribution in [2.45, 2.75) is 121 Å². The first-order valence-electron chi connectivity index (χ1n) is 21.0. The Morgan fingerprint density at radius 1 is 0.762 bits per heavy atom. The van der Waals surface area contributed by atoms with Crippen molar-refractivity contribution in [1.82, 2.24) is 10.2 Å². The lowest BCUT2D eigenvalue weighted by molar-refractivity contribution is -0.253. The van der Waals surface area contributed by atoms with Crippen molar-refractivity contribution < 1.29 is 62.5 Å². The predicted molar refractivity (Wildman–Crippen MR) is 232 cm³/mol. The summed E-state index contributed by atoms with van der Waals surface area (Å²) in [5.74, 6) is -2.73. The molecule has 3 aromatic carbocycles. The van der Waals surface area contributed by atoms with Crippen LogP contribution in [0.1, 0.15) is 93.6 Å². The molecule has 3 fully saturated rings. The molecule has 63 heavy (non-hydrogen) atoms. The van der Waals surface area contributed by atoms with Gasteiger partial charge in [0.05, 0.1) is 29.4 Å². The molecule has 3 aliphatic heterocycles. The average Bonchev–Trinajstić information content (AvgIpc) is 3.25. The van der Waals surface area contributed by atoms with Gasteiger partial charge >= 0.3 is 23.9 Å². The van der Waals surface area contributed by atoms with Gasteiger partial charge in [0.2, 0.25) is 0 Å². The summed E-state index contributed by atoms with van der Waals surface area (Å²) in [7, 11) is 0. The van der Waals surface area contributed by atoms with Crippen LogP contribution in [0.15, 0.2) is 72.8 Å². The minimum absolute atomic E-state index is 0.00966. The molecule has 340 valence electrons. The van der Waals surface area contributed by atoms with Crippen molar-refractivity contribution in [2.75, 3.05) is 26.2 Å². The topological polar surface area (TPSA) is 189 Å². The summed E-state index contributed by atoms with van der Waals surface area (Å²) in [5.41, 5.74) is 3.43. The number of esters is 4. The van der Waals surface area contributed by atoms with Crippen LogP contribution in [-0.4, -0.2) is 107 Å². The monoisotopic (exact) mass is 910 g/mol. The number of nitrogens with zero attached hydrogens (tertiary/aromatic N) is 1. The number of aliphatic hydroxyl groups is 2. The van der Waals surface area contributed by atoms with Crippen molar-refractivity contribution in [3.8, 4) is 0 Å². The number of carbonyl (C=O) groups excluding carboxylic acids is 4. The second kappa shape index (κ2) is 21.9. The van der Waals surface area contributed by atoms with Gasteiger partial charge in [-0.3, -0.25) is 19.2 Å². The fourth-order valence-electron chi connectivity index (χ4n) is 8.21. The van der Waals surface area contributed by atoms with Crippen LogP contribution < -0.4 is 5.32 Å². The number of hydrogen-bond donors (Lipinski definition) is 3. The summed E-state index contributed by atoms with van der Waals surface area (Å²) in [5, 5.41) is 25.0. The maximum atomic E-state index is 12.3. The van der Waals surface area contributed by atoms with Gasteiger partial charge in [-0.1, -0.05) is 84.5 Å². The number of aliphatic hydroxyl groups excluding tert-OH is 1. The number of thiocarbonyl (C=S) groups is 1. The summed E-state index contributed by atoms with van der Waals surface area (Å²) in [6, 6.07) is 22.9. The van der Waals surface area contributed by atoms with Crippen molar-refractivity contribution >= 4 is 52.7 Å². The highest BCUT2D eigenvalue weighted by Gasteiger charge is 2.52. The molecule has 0 amide bonds. The molecule has 3 heterocycles. The molecule has 0 radical (unpaired) electrons. The highest BCUT2D eigenvalue weighted by molar-refractivity contribution is 7.80. The van der Waals surface area contributed by atoms with E-state index in [2.05, 4.69) is 10.2 Å². The van der Waals surface area contributed by atoms with Gasteiger partial charge < -0.3 is 53.6 Å². The molecule has 3 aliphatic rings. The molecule has 1 unspecified atom stereocenters. The Balaban J connectivity index is 1.11. The summed E-state index contributed by atoms with van der Waals surface area (Å²) in [6.07, 6.45) is -5.15. The number of benzene rings is 3. The summed E-state index contributed by atoms with van der Waals surface area (Å²) in [6.45, 7) is 6.69. The standard InChI is InChI=1S/C46H55ClN2O13S/c1-27(51)56-26-40-43(58-29(3)53)44(59-30(4)54)42(57-28(2)52)39(61-40)22-41(63)48-23-31-5-11-34(12-6-31)45-60-37(21-38(62-45)33-9-7-32(25-50)8-10-33)24-49-19-17-46(55,18-20-49)35-13-15-36(47)16-14-35/h5-16,37-40,42-45,50,55H,17-26H2,1-4H3,(H,48,63)/t37-,38+,39-,40+,42-,43+,44+,45?/m0/s1. The number of ether oxygens (including phenoxy) is 7. The number of hydrogen-bond acceptors (Lipinski definition) is 15. The van der Waals surface area contributed by atoms with E-state index in [1.54, 1.807) is 12.1 Å². The lowest BCUT2D eigenvalue weighted by Gasteiger charge is -2.44.